The summed E-state index contributed by atoms with van der Waals surface area (Å²) in [6.07, 6.45) is 1.39. The van der Waals surface area contributed by atoms with Gasteiger partial charge in [0.05, 0.1) is 6.54 Å². The van der Waals surface area contributed by atoms with Crippen molar-refractivity contribution in [2.75, 3.05) is 0 Å². The van der Waals surface area contributed by atoms with Gasteiger partial charge in [0.15, 0.2) is 5.58 Å². The molecule has 1 aliphatic carbocycles. The Kier molecular flexibility index (Phi) is 3.12. The number of aliphatic carboxylic acids is 1. The molecule has 0 saturated heterocycles. The van der Waals surface area contributed by atoms with Gasteiger partial charge in [-0.2, -0.15) is 0 Å². The molecule has 0 unspecified atom stereocenters. The summed E-state index contributed by atoms with van der Waals surface area (Å²) in [7, 11) is 0. The zero-order valence-electron chi connectivity index (χ0n) is 11.1. The van der Waals surface area contributed by atoms with Gasteiger partial charge in [-0.25, -0.2) is 4.39 Å². The highest BCUT2D eigenvalue weighted by Crippen LogP contribution is 2.41. The van der Waals surface area contributed by atoms with Crippen molar-refractivity contribution in [2.45, 2.75) is 25.8 Å². The van der Waals surface area contributed by atoms with Crippen molar-refractivity contribution in [3.63, 3.8) is 0 Å². The number of nitrogens with zero attached hydrogens (tertiary/aromatic N) is 1. The number of benzene rings is 1. The van der Waals surface area contributed by atoms with Gasteiger partial charge in [-0.1, -0.05) is 11.6 Å². The SMILES string of the molecule is O=C(O)C1(C(=O)NCc2noc3ccc(F)cc23)CCC1. The van der Waals surface area contributed by atoms with Gasteiger partial charge in [0.25, 0.3) is 0 Å². The number of carboxylic acids is 1. The van der Waals surface area contributed by atoms with Crippen molar-refractivity contribution in [3.05, 3.63) is 29.7 Å². The van der Waals surface area contributed by atoms with Gasteiger partial charge in [0, 0.05) is 5.39 Å². The lowest BCUT2D eigenvalue weighted by atomic mass is 9.68. The topological polar surface area (TPSA) is 92.4 Å². The van der Waals surface area contributed by atoms with Crippen molar-refractivity contribution >= 4 is 22.8 Å². The van der Waals surface area contributed by atoms with Crippen LogP contribution in [0.5, 0.6) is 0 Å². The minimum absolute atomic E-state index is 0.00428. The maximum absolute atomic E-state index is 13.2. The number of carbonyl (C=O) groups excluding carboxylic acids is 1. The van der Waals surface area contributed by atoms with Gasteiger partial charge >= 0.3 is 5.97 Å². The van der Waals surface area contributed by atoms with Crippen LogP contribution in [0.25, 0.3) is 11.0 Å². The van der Waals surface area contributed by atoms with E-state index in [1.165, 1.54) is 18.2 Å². The second-order valence-corrected chi connectivity index (χ2v) is 5.19. The van der Waals surface area contributed by atoms with Gasteiger partial charge in [-0.3, -0.25) is 9.59 Å². The summed E-state index contributed by atoms with van der Waals surface area (Å²) in [6, 6.07) is 3.97. The first kappa shape index (κ1) is 13.5. The van der Waals surface area contributed by atoms with Crippen LogP contribution in [0, 0.1) is 11.2 Å². The Morgan fingerprint density at radius 1 is 1.43 bits per heavy atom. The average Bonchev–Trinajstić information content (AvgIpc) is 2.76. The molecule has 1 aliphatic rings. The van der Waals surface area contributed by atoms with Gasteiger partial charge in [-0.05, 0) is 31.0 Å². The van der Waals surface area contributed by atoms with Crippen LogP contribution in [0.4, 0.5) is 4.39 Å². The van der Waals surface area contributed by atoms with Crippen LogP contribution in [-0.2, 0) is 16.1 Å². The zero-order chi connectivity index (χ0) is 15.0. The number of hydrogen-bond acceptors (Lipinski definition) is 4. The lowest BCUT2D eigenvalue weighted by molar-refractivity contribution is -0.162. The Labute approximate surface area is 118 Å². The van der Waals surface area contributed by atoms with E-state index in [4.69, 9.17) is 4.52 Å². The molecule has 1 heterocycles. The Morgan fingerprint density at radius 2 is 2.19 bits per heavy atom. The minimum atomic E-state index is -1.33. The number of carbonyl (C=O) groups is 2. The molecule has 0 radical (unpaired) electrons. The van der Waals surface area contributed by atoms with Crippen LogP contribution in [0.3, 0.4) is 0 Å². The fourth-order valence-corrected chi connectivity index (χ4v) is 2.49. The zero-order valence-corrected chi connectivity index (χ0v) is 11.1. The van der Waals surface area contributed by atoms with Crippen LogP contribution in [0.1, 0.15) is 25.0 Å². The molecule has 0 atom stereocenters. The van der Waals surface area contributed by atoms with Crippen LogP contribution < -0.4 is 5.32 Å². The molecule has 7 heteroatoms. The van der Waals surface area contributed by atoms with Crippen molar-refractivity contribution in [3.8, 4) is 0 Å². The largest absolute Gasteiger partial charge is 0.480 e. The fourth-order valence-electron chi connectivity index (χ4n) is 2.49. The second kappa shape index (κ2) is 4.83. The van der Waals surface area contributed by atoms with Crippen molar-refractivity contribution in [1.82, 2.24) is 10.5 Å². The first-order valence-corrected chi connectivity index (χ1v) is 6.58. The molecule has 6 nitrogen and oxygen atoms in total. The van der Waals surface area contributed by atoms with E-state index in [-0.39, 0.29) is 6.54 Å². The second-order valence-electron chi connectivity index (χ2n) is 5.19. The molecule has 0 bridgehead atoms. The van der Waals surface area contributed by atoms with E-state index in [2.05, 4.69) is 10.5 Å². The van der Waals surface area contributed by atoms with E-state index in [0.717, 1.165) is 6.42 Å². The third-order valence-electron chi connectivity index (χ3n) is 3.97. The van der Waals surface area contributed by atoms with Gasteiger partial charge in [-0.15, -0.1) is 0 Å². The van der Waals surface area contributed by atoms with E-state index in [1.54, 1.807) is 0 Å². The van der Waals surface area contributed by atoms with Crippen LogP contribution in [0.2, 0.25) is 0 Å². The van der Waals surface area contributed by atoms with Gasteiger partial charge in [0.1, 0.15) is 16.9 Å². The van der Waals surface area contributed by atoms with E-state index >= 15 is 0 Å². The standard InChI is InChI=1S/C14H13FN2O4/c15-8-2-3-11-9(6-8)10(17-21-11)7-16-12(18)14(13(19)20)4-1-5-14/h2-3,6H,1,4-5,7H2,(H,16,18)(H,19,20). The Bertz CT molecular complexity index is 721. The summed E-state index contributed by atoms with van der Waals surface area (Å²) in [6.45, 7) is 0.00428. The summed E-state index contributed by atoms with van der Waals surface area (Å²) in [4.78, 5) is 23.3. The predicted molar refractivity (Wildman–Crippen MR) is 69.7 cm³/mol. The number of rotatable bonds is 4. The molecular weight excluding hydrogens is 279 g/mol. The fraction of sp³-hybridized carbons (Fsp3) is 0.357. The molecule has 21 heavy (non-hydrogen) atoms. The average molecular weight is 292 g/mol. The summed E-state index contributed by atoms with van der Waals surface area (Å²) >= 11 is 0. The third-order valence-corrected chi connectivity index (χ3v) is 3.97. The smallest absolute Gasteiger partial charge is 0.319 e. The predicted octanol–water partition coefficient (Wildman–Crippen LogP) is 1.84. The number of hydrogen-bond donors (Lipinski definition) is 2. The molecule has 3 rings (SSSR count). The highest BCUT2D eigenvalue weighted by Gasteiger charge is 2.51. The normalized spacial score (nSPS) is 16.4. The lowest BCUT2D eigenvalue weighted by Crippen LogP contribution is -2.50. The molecule has 1 amide bonds. The molecule has 1 aromatic carbocycles. The van der Waals surface area contributed by atoms with Crippen LogP contribution in [-0.4, -0.2) is 22.1 Å². The van der Waals surface area contributed by atoms with Gasteiger partial charge < -0.3 is 14.9 Å². The lowest BCUT2D eigenvalue weighted by Gasteiger charge is -2.35. The molecule has 0 aliphatic heterocycles. The van der Waals surface area contributed by atoms with Crippen molar-refractivity contribution in [1.29, 1.82) is 0 Å². The Hall–Kier alpha value is -2.44. The first-order chi connectivity index (χ1) is 10.0. The van der Waals surface area contributed by atoms with E-state index < -0.39 is 23.1 Å². The third kappa shape index (κ3) is 2.14. The van der Waals surface area contributed by atoms with Crippen LogP contribution in [0.15, 0.2) is 22.7 Å². The number of nitrogens with one attached hydrogen (secondary N) is 1. The van der Waals surface area contributed by atoms with E-state index in [9.17, 15) is 19.1 Å². The minimum Gasteiger partial charge on any atom is -0.480 e. The van der Waals surface area contributed by atoms with Crippen LogP contribution >= 0.6 is 0 Å². The molecule has 1 fully saturated rings. The number of halogens is 1. The molecule has 2 aromatic rings. The number of aromatic nitrogens is 1. The molecule has 0 spiro atoms. The molecule has 2 N–H and O–H groups in total. The highest BCUT2D eigenvalue weighted by atomic mass is 19.1. The summed E-state index contributed by atoms with van der Waals surface area (Å²) in [5.74, 6) is -2.07. The highest BCUT2D eigenvalue weighted by molar-refractivity contribution is 6.02. The quantitative estimate of drug-likeness (QED) is 0.839. The molecule has 1 aromatic heterocycles. The van der Waals surface area contributed by atoms with Crippen molar-refractivity contribution < 1.29 is 23.6 Å². The Balaban J connectivity index is 1.76. The molecule has 1 saturated carbocycles. The number of amides is 1. The maximum Gasteiger partial charge on any atom is 0.319 e. The van der Waals surface area contributed by atoms with E-state index in [0.29, 0.717) is 29.5 Å². The van der Waals surface area contributed by atoms with Crippen molar-refractivity contribution in [2.24, 2.45) is 5.41 Å². The Morgan fingerprint density at radius 3 is 2.81 bits per heavy atom. The van der Waals surface area contributed by atoms with E-state index in [1.807, 2.05) is 0 Å². The van der Waals surface area contributed by atoms with Gasteiger partial charge in [0.2, 0.25) is 5.91 Å². The summed E-state index contributed by atoms with van der Waals surface area (Å²) in [5, 5.41) is 16.0. The summed E-state index contributed by atoms with van der Waals surface area (Å²) in [5.41, 5.74) is -0.542. The molecular formula is C14H13FN2O4. The first-order valence-electron chi connectivity index (χ1n) is 6.58. The number of fused-ring (bicyclic) bond motifs is 1. The summed E-state index contributed by atoms with van der Waals surface area (Å²) < 4.78 is 18.2. The molecule has 110 valence electrons. The monoisotopic (exact) mass is 292 g/mol. The maximum atomic E-state index is 13.2. The number of carboxylic acid groups (broad SMARTS) is 1.